The number of fused-ring (bicyclic) bond motifs is 1. The quantitative estimate of drug-likeness (QED) is 0.719. The van der Waals surface area contributed by atoms with Crippen molar-refractivity contribution in [2.45, 2.75) is 53.1 Å². The summed E-state index contributed by atoms with van der Waals surface area (Å²) >= 11 is 0. The van der Waals surface area contributed by atoms with Crippen molar-refractivity contribution in [3.63, 3.8) is 0 Å². The van der Waals surface area contributed by atoms with E-state index in [0.29, 0.717) is 0 Å². The Morgan fingerprint density at radius 2 is 1.86 bits per heavy atom. The van der Waals surface area contributed by atoms with Crippen LogP contribution >= 0.6 is 0 Å². The fraction of sp³-hybridized carbons (Fsp3) is 1.00. The van der Waals surface area contributed by atoms with Gasteiger partial charge in [-0.15, -0.1) is 0 Å². The van der Waals surface area contributed by atoms with Gasteiger partial charge in [0.1, 0.15) is 0 Å². The largest absolute Gasteiger partial charge is 0.390 e. The predicted octanol–water partition coefficient (Wildman–Crippen LogP) is 3.08. The fourth-order valence-corrected chi connectivity index (χ4v) is 4.22. The summed E-state index contributed by atoms with van der Waals surface area (Å²) in [4.78, 5) is 0. The van der Waals surface area contributed by atoms with Gasteiger partial charge in [-0.25, -0.2) is 0 Å². The third-order valence-electron chi connectivity index (χ3n) is 5.07. The normalized spacial score (nSPS) is 46.9. The van der Waals surface area contributed by atoms with E-state index in [0.717, 1.165) is 23.7 Å². The molecule has 0 spiro atoms. The molecule has 0 aromatic heterocycles. The first kappa shape index (κ1) is 10.5. The zero-order chi connectivity index (χ0) is 10.7. The Morgan fingerprint density at radius 1 is 1.29 bits per heavy atom. The van der Waals surface area contributed by atoms with Crippen molar-refractivity contribution in [1.29, 1.82) is 0 Å². The van der Waals surface area contributed by atoms with Crippen LogP contribution in [0.2, 0.25) is 0 Å². The van der Waals surface area contributed by atoms with Crippen LogP contribution in [-0.2, 0) is 0 Å². The van der Waals surface area contributed by atoms with Gasteiger partial charge in [0.05, 0.1) is 5.60 Å². The van der Waals surface area contributed by atoms with Crippen LogP contribution in [0.25, 0.3) is 0 Å². The van der Waals surface area contributed by atoms with E-state index < -0.39 is 5.60 Å². The maximum Gasteiger partial charge on any atom is 0.0650 e. The summed E-state index contributed by atoms with van der Waals surface area (Å²) in [5.41, 5.74) is -0.184. The maximum atomic E-state index is 10.2. The summed E-state index contributed by atoms with van der Waals surface area (Å²) in [5, 5.41) is 10.2. The standard InChI is InChI=1S/C13H24O/c1-8(2)10-7-13(12(4,5)14)6-9(3)11(10)13/h8-11,14H,6-7H2,1-5H3. The van der Waals surface area contributed by atoms with Crippen molar-refractivity contribution < 1.29 is 5.11 Å². The van der Waals surface area contributed by atoms with Crippen LogP contribution in [0.5, 0.6) is 0 Å². The van der Waals surface area contributed by atoms with Crippen molar-refractivity contribution in [1.82, 2.24) is 0 Å². The molecule has 82 valence electrons. The molecule has 1 heteroatoms. The highest BCUT2D eigenvalue weighted by Crippen LogP contribution is 2.72. The van der Waals surface area contributed by atoms with Gasteiger partial charge >= 0.3 is 0 Å². The van der Waals surface area contributed by atoms with E-state index in [1.54, 1.807) is 0 Å². The van der Waals surface area contributed by atoms with Crippen molar-refractivity contribution in [3.05, 3.63) is 0 Å². The molecule has 0 aromatic rings. The number of hydrogen-bond acceptors (Lipinski definition) is 1. The lowest BCUT2D eigenvalue weighted by Crippen LogP contribution is -2.69. The van der Waals surface area contributed by atoms with Gasteiger partial charge in [-0.3, -0.25) is 0 Å². The molecule has 0 aromatic carbocycles. The molecule has 0 aliphatic heterocycles. The smallest absolute Gasteiger partial charge is 0.0650 e. The molecule has 1 nitrogen and oxygen atoms in total. The topological polar surface area (TPSA) is 20.2 Å². The molecule has 0 saturated heterocycles. The van der Waals surface area contributed by atoms with Crippen molar-refractivity contribution in [2.24, 2.45) is 29.1 Å². The van der Waals surface area contributed by atoms with E-state index in [1.807, 2.05) is 13.8 Å². The molecule has 0 radical (unpaired) electrons. The summed E-state index contributed by atoms with van der Waals surface area (Å²) in [6.45, 7) is 11.0. The van der Waals surface area contributed by atoms with Crippen LogP contribution in [0.15, 0.2) is 0 Å². The molecule has 4 unspecified atom stereocenters. The predicted molar refractivity (Wildman–Crippen MR) is 58.9 cm³/mol. The minimum absolute atomic E-state index is 0.279. The molecule has 1 N–H and O–H groups in total. The minimum atomic E-state index is -0.463. The van der Waals surface area contributed by atoms with Crippen LogP contribution in [-0.4, -0.2) is 10.7 Å². The van der Waals surface area contributed by atoms with Crippen molar-refractivity contribution >= 4 is 0 Å². The lowest BCUT2D eigenvalue weighted by Gasteiger charge is -2.72. The Kier molecular flexibility index (Phi) is 2.06. The van der Waals surface area contributed by atoms with Gasteiger partial charge in [-0.05, 0) is 50.4 Å². The summed E-state index contributed by atoms with van der Waals surface area (Å²) in [7, 11) is 0. The first-order valence-electron chi connectivity index (χ1n) is 6.02. The number of aliphatic hydroxyl groups is 1. The van der Waals surface area contributed by atoms with Gasteiger partial charge in [-0.1, -0.05) is 20.8 Å². The molecule has 4 atom stereocenters. The van der Waals surface area contributed by atoms with E-state index in [2.05, 4.69) is 20.8 Å². The van der Waals surface area contributed by atoms with E-state index >= 15 is 0 Å². The second-order valence-corrected chi connectivity index (χ2v) is 6.53. The lowest BCUT2D eigenvalue weighted by molar-refractivity contribution is -0.276. The summed E-state index contributed by atoms with van der Waals surface area (Å²) < 4.78 is 0. The Bertz CT molecular complexity index is 238. The van der Waals surface area contributed by atoms with E-state index in [1.165, 1.54) is 12.8 Å². The zero-order valence-corrected chi connectivity index (χ0v) is 10.2. The Hall–Kier alpha value is -0.0400. The first-order chi connectivity index (χ1) is 6.29. The molecular weight excluding hydrogens is 172 g/mol. The third kappa shape index (κ3) is 1.05. The monoisotopic (exact) mass is 196 g/mol. The number of hydrogen-bond donors (Lipinski definition) is 1. The summed E-state index contributed by atoms with van der Waals surface area (Å²) in [6, 6.07) is 0. The average molecular weight is 196 g/mol. The molecule has 2 aliphatic carbocycles. The second kappa shape index (κ2) is 2.75. The molecule has 14 heavy (non-hydrogen) atoms. The number of rotatable bonds is 2. The molecule has 2 rings (SSSR count). The Balaban J connectivity index is 2.14. The zero-order valence-electron chi connectivity index (χ0n) is 10.2. The highest BCUT2D eigenvalue weighted by molar-refractivity contribution is 5.17. The first-order valence-corrected chi connectivity index (χ1v) is 6.02. The molecule has 0 bridgehead atoms. The van der Waals surface area contributed by atoms with Gasteiger partial charge in [0.25, 0.3) is 0 Å². The van der Waals surface area contributed by atoms with Gasteiger partial charge < -0.3 is 5.11 Å². The summed E-state index contributed by atoms with van der Waals surface area (Å²) in [5.74, 6) is 3.29. The lowest BCUT2D eigenvalue weighted by atomic mass is 9.33. The van der Waals surface area contributed by atoms with E-state index in [9.17, 15) is 5.11 Å². The van der Waals surface area contributed by atoms with E-state index in [4.69, 9.17) is 0 Å². The molecule has 0 heterocycles. The van der Waals surface area contributed by atoms with Gasteiger partial charge in [0.15, 0.2) is 0 Å². The highest BCUT2D eigenvalue weighted by atomic mass is 16.3. The minimum Gasteiger partial charge on any atom is -0.390 e. The molecule has 2 fully saturated rings. The molecule has 2 aliphatic rings. The molecular formula is C13H24O. The second-order valence-electron chi connectivity index (χ2n) is 6.53. The van der Waals surface area contributed by atoms with Crippen LogP contribution in [0, 0.1) is 29.1 Å². The van der Waals surface area contributed by atoms with Crippen molar-refractivity contribution in [2.75, 3.05) is 0 Å². The molecule has 2 saturated carbocycles. The SMILES string of the molecule is CC(C)C1CC2(C(C)(C)O)CC(C)C12. The fourth-order valence-electron chi connectivity index (χ4n) is 4.22. The Morgan fingerprint density at radius 3 is 2.21 bits per heavy atom. The van der Waals surface area contributed by atoms with Crippen molar-refractivity contribution in [3.8, 4) is 0 Å². The van der Waals surface area contributed by atoms with E-state index in [-0.39, 0.29) is 5.41 Å². The molecule has 0 amide bonds. The maximum absolute atomic E-state index is 10.2. The van der Waals surface area contributed by atoms with Gasteiger partial charge in [0, 0.05) is 5.41 Å². The average Bonchev–Trinajstić information content (AvgIpc) is 1.93. The van der Waals surface area contributed by atoms with Gasteiger partial charge in [-0.2, -0.15) is 0 Å². The van der Waals surface area contributed by atoms with Crippen LogP contribution in [0.3, 0.4) is 0 Å². The van der Waals surface area contributed by atoms with Crippen LogP contribution < -0.4 is 0 Å². The van der Waals surface area contributed by atoms with Gasteiger partial charge in [0.2, 0.25) is 0 Å². The Labute approximate surface area is 87.9 Å². The van der Waals surface area contributed by atoms with Crippen LogP contribution in [0.1, 0.15) is 47.5 Å². The van der Waals surface area contributed by atoms with Crippen LogP contribution in [0.4, 0.5) is 0 Å². The summed E-state index contributed by atoms with van der Waals surface area (Å²) in [6.07, 6.45) is 2.49. The highest BCUT2D eigenvalue weighted by Gasteiger charge is 2.69. The third-order valence-corrected chi connectivity index (χ3v) is 5.07.